The van der Waals surface area contributed by atoms with E-state index < -0.39 is 26.3 Å². The molecule has 2 nitrogen and oxygen atoms in total. The van der Waals surface area contributed by atoms with Crippen LogP contribution in [0.15, 0.2) is 108 Å². The van der Waals surface area contributed by atoms with Crippen molar-refractivity contribution < 1.29 is 26.0 Å². The van der Waals surface area contributed by atoms with Crippen LogP contribution in [0.5, 0.6) is 5.75 Å². The third-order valence-electron chi connectivity index (χ3n) is 7.94. The van der Waals surface area contributed by atoms with E-state index >= 15 is 0 Å². The van der Waals surface area contributed by atoms with Gasteiger partial charge in [0, 0.05) is 28.8 Å². The van der Waals surface area contributed by atoms with Gasteiger partial charge >= 0.3 is 37.9 Å². The Morgan fingerprint density at radius 3 is 1.77 bits per heavy atom. The fraction of sp³-hybridized carbons (Fsp3) is 0.265. The minimum absolute atomic E-state index is 0.305. The van der Waals surface area contributed by atoms with E-state index in [1.54, 1.807) is 0 Å². The second-order valence-electron chi connectivity index (χ2n) is 10.4. The van der Waals surface area contributed by atoms with Crippen LogP contribution in [-0.4, -0.2) is 17.4 Å². The number of hydrogen-bond acceptors (Lipinski definition) is 2. The Morgan fingerprint density at radius 2 is 1.26 bits per heavy atom. The number of phenolic OH excluding ortho intramolecular Hbond substituents is 1. The predicted octanol–water partition coefficient (Wildman–Crippen LogP) is 9.79. The standard InChI is InChI=1S/C34H35NO.2ClH.Zr/c1-25-18-20-29(21-19-25)35-24-31-30(26-12-6-3-7-13-26)22-23-32(33(31)36)34(2,27-14-8-4-9-15-27)28-16-10-5-11-17-28;;;/h3-17,22-25,29,36H,18-21H2,1-2H3;2*1H;/q;;;+2/p-2. The third kappa shape index (κ3) is 7.12. The van der Waals surface area contributed by atoms with Crippen molar-refractivity contribution in [1.29, 1.82) is 0 Å². The maximum absolute atomic E-state index is 12.0. The van der Waals surface area contributed by atoms with Crippen LogP contribution in [0, 0.1) is 5.92 Å². The number of hydrogen-bond donors (Lipinski definition) is 1. The molecule has 1 N–H and O–H groups in total. The molecule has 0 radical (unpaired) electrons. The number of halogens is 2. The second-order valence-corrected chi connectivity index (χ2v) is 14.1. The topological polar surface area (TPSA) is 32.6 Å². The van der Waals surface area contributed by atoms with Crippen molar-refractivity contribution in [1.82, 2.24) is 0 Å². The molecule has 0 amide bonds. The second kappa shape index (κ2) is 14.4. The van der Waals surface area contributed by atoms with Gasteiger partial charge in [-0.1, -0.05) is 110 Å². The zero-order chi connectivity index (χ0) is 27.7. The van der Waals surface area contributed by atoms with E-state index in [0.29, 0.717) is 11.8 Å². The Bertz CT molecular complexity index is 1300. The van der Waals surface area contributed by atoms with Crippen molar-refractivity contribution in [3.05, 3.63) is 125 Å². The minimum atomic E-state index is -0.826. The molecule has 1 aliphatic carbocycles. The summed E-state index contributed by atoms with van der Waals surface area (Å²) in [6.07, 6.45) is 6.62. The quantitative estimate of drug-likeness (QED) is 0.166. The van der Waals surface area contributed by atoms with E-state index in [9.17, 15) is 5.11 Å². The first kappa shape index (κ1) is 29.8. The fourth-order valence-electron chi connectivity index (χ4n) is 5.60. The van der Waals surface area contributed by atoms with Gasteiger partial charge in [-0.25, -0.2) is 0 Å². The zero-order valence-electron chi connectivity index (χ0n) is 22.5. The van der Waals surface area contributed by atoms with Gasteiger partial charge in [-0.3, -0.25) is 4.99 Å². The van der Waals surface area contributed by atoms with Crippen LogP contribution in [-0.2, 0) is 26.3 Å². The molecule has 200 valence electrons. The molecule has 0 aromatic heterocycles. The molecule has 0 aliphatic heterocycles. The first-order valence-corrected chi connectivity index (χ1v) is 19.8. The van der Waals surface area contributed by atoms with Gasteiger partial charge in [0.05, 0.1) is 0 Å². The molecule has 1 fully saturated rings. The molecule has 5 heteroatoms. The first-order valence-electron chi connectivity index (χ1n) is 13.5. The molecule has 0 saturated heterocycles. The monoisotopic (exact) mass is 633 g/mol. The van der Waals surface area contributed by atoms with Gasteiger partial charge in [0.25, 0.3) is 0 Å². The summed E-state index contributed by atoms with van der Waals surface area (Å²) in [7, 11) is 9.87. The van der Waals surface area contributed by atoms with Gasteiger partial charge in [0.15, 0.2) is 0 Å². The number of benzene rings is 4. The van der Waals surface area contributed by atoms with Crippen LogP contribution in [0.3, 0.4) is 0 Å². The first-order chi connectivity index (χ1) is 19.0. The van der Waals surface area contributed by atoms with Crippen molar-refractivity contribution in [3.63, 3.8) is 0 Å². The Labute approximate surface area is 251 Å². The molecule has 1 aliphatic rings. The zero-order valence-corrected chi connectivity index (χ0v) is 26.5. The molecule has 0 spiro atoms. The normalized spacial score (nSPS) is 17.3. The predicted molar refractivity (Wildman–Crippen MR) is 163 cm³/mol. The van der Waals surface area contributed by atoms with E-state index in [4.69, 9.17) is 22.0 Å². The van der Waals surface area contributed by atoms with Crippen LogP contribution in [0.25, 0.3) is 11.1 Å². The summed E-state index contributed by atoms with van der Waals surface area (Å²) in [6, 6.07) is 35.8. The number of aliphatic imine (C=N–C) groups is 1. The van der Waals surface area contributed by atoms with Crippen molar-refractivity contribution in [2.75, 3.05) is 0 Å². The van der Waals surface area contributed by atoms with Crippen molar-refractivity contribution >= 4 is 23.2 Å². The molecule has 39 heavy (non-hydrogen) atoms. The van der Waals surface area contributed by atoms with Crippen LogP contribution < -0.4 is 0 Å². The molecular formula is C34H35Cl2NOZr. The summed E-state index contributed by atoms with van der Waals surface area (Å²) in [4.78, 5) is 5.02. The molecule has 1 saturated carbocycles. The van der Waals surface area contributed by atoms with Gasteiger partial charge in [-0.15, -0.1) is 0 Å². The van der Waals surface area contributed by atoms with Gasteiger partial charge in [-0.05, 0) is 60.8 Å². The van der Waals surface area contributed by atoms with E-state index in [2.05, 4.69) is 86.6 Å². The molecule has 0 heterocycles. The molecule has 0 unspecified atom stereocenters. The van der Waals surface area contributed by atoms with Crippen LogP contribution in [0.1, 0.15) is 61.8 Å². The van der Waals surface area contributed by atoms with Crippen molar-refractivity contribution in [2.45, 2.75) is 51.0 Å². The molecule has 4 aromatic rings. The van der Waals surface area contributed by atoms with Crippen molar-refractivity contribution in [3.8, 4) is 16.9 Å². The Hall–Kier alpha value is -2.19. The Balaban J connectivity index is 0.00000112. The average Bonchev–Trinajstić information content (AvgIpc) is 2.98. The van der Waals surface area contributed by atoms with Crippen LogP contribution in [0.2, 0.25) is 0 Å². The SMILES string of the molecule is CC1CCC(N=Cc2c(-c3ccccc3)ccc(C(C)(c3ccccc3)c3ccccc3)c2O)CC1.[Cl][Zr][Cl]. The van der Waals surface area contributed by atoms with Gasteiger partial charge in [0.2, 0.25) is 0 Å². The Morgan fingerprint density at radius 1 is 0.769 bits per heavy atom. The van der Waals surface area contributed by atoms with E-state index in [0.717, 1.165) is 52.1 Å². The number of rotatable bonds is 6. The number of nitrogens with zero attached hydrogens (tertiary/aromatic N) is 1. The Kier molecular flexibility index (Phi) is 11.0. The van der Waals surface area contributed by atoms with Gasteiger partial charge in [0.1, 0.15) is 5.75 Å². The van der Waals surface area contributed by atoms with Gasteiger partial charge in [-0.2, -0.15) is 0 Å². The summed E-state index contributed by atoms with van der Waals surface area (Å²) in [6.45, 7) is 4.54. The maximum atomic E-state index is 12.0. The molecular weight excluding hydrogens is 601 g/mol. The van der Waals surface area contributed by atoms with E-state index in [-0.39, 0.29) is 0 Å². The molecule has 0 atom stereocenters. The van der Waals surface area contributed by atoms with Crippen LogP contribution >= 0.6 is 17.0 Å². The summed E-state index contributed by atoms with van der Waals surface area (Å²) >= 11 is -0.826. The molecule has 4 aromatic carbocycles. The van der Waals surface area contributed by atoms with E-state index in [1.807, 2.05) is 36.5 Å². The number of aromatic hydroxyl groups is 1. The summed E-state index contributed by atoms with van der Waals surface area (Å²) in [5, 5.41) is 12.0. The molecule has 0 bridgehead atoms. The summed E-state index contributed by atoms with van der Waals surface area (Å²) in [5.74, 6) is 1.09. The van der Waals surface area contributed by atoms with E-state index in [1.165, 1.54) is 12.8 Å². The average molecular weight is 636 g/mol. The van der Waals surface area contributed by atoms with Crippen LogP contribution in [0.4, 0.5) is 0 Å². The third-order valence-corrected chi connectivity index (χ3v) is 7.94. The van der Waals surface area contributed by atoms with Gasteiger partial charge < -0.3 is 5.11 Å². The summed E-state index contributed by atoms with van der Waals surface area (Å²) in [5.41, 5.74) is 5.54. The molecule has 5 rings (SSSR count). The number of phenols is 1. The fourth-order valence-corrected chi connectivity index (χ4v) is 5.60. The summed E-state index contributed by atoms with van der Waals surface area (Å²) < 4.78 is 0. The van der Waals surface area contributed by atoms with Crippen molar-refractivity contribution in [2.24, 2.45) is 10.9 Å².